The number of carbonyl (C=O) groups is 1. The zero-order chi connectivity index (χ0) is 27.6. The molecule has 0 atom stereocenters. The monoisotopic (exact) mass is 524 g/mol. The number of hydrogen-bond donors (Lipinski definition) is 1. The Morgan fingerprint density at radius 3 is 2.37 bits per heavy atom. The molecule has 0 unspecified atom stereocenters. The van der Waals surface area contributed by atoms with E-state index in [1.165, 1.54) is 23.8 Å². The highest BCUT2D eigenvalue weighted by Crippen LogP contribution is 2.33. The molecule has 4 rings (SSSR count). The average Bonchev–Trinajstić information content (AvgIpc) is 2.87. The lowest BCUT2D eigenvalue weighted by molar-refractivity contribution is 0.101. The van der Waals surface area contributed by atoms with E-state index in [-0.39, 0.29) is 34.1 Å². The van der Waals surface area contributed by atoms with Crippen LogP contribution in [0.25, 0.3) is 11.8 Å². The molecule has 1 aromatic carbocycles. The number of Topliss-reactive ketones (excluding diaryl/α,β-unsaturated/α-hetero) is 1. The number of benzene rings is 1. The Morgan fingerprint density at radius 1 is 1.11 bits per heavy atom. The predicted octanol–water partition coefficient (Wildman–Crippen LogP) is 5.49. The van der Waals surface area contributed by atoms with Gasteiger partial charge in [0, 0.05) is 48.2 Å². The number of ketones is 1. The molecule has 9 heteroatoms. The van der Waals surface area contributed by atoms with Crippen LogP contribution in [-0.4, -0.2) is 46.9 Å². The zero-order valence-electron chi connectivity index (χ0n) is 21.9. The van der Waals surface area contributed by atoms with Crippen molar-refractivity contribution in [2.24, 2.45) is 0 Å². The minimum Gasteiger partial charge on any atom is -0.386 e. The molecule has 1 saturated heterocycles. The molecule has 1 aliphatic rings. The van der Waals surface area contributed by atoms with E-state index in [9.17, 15) is 22.8 Å². The molecule has 6 nitrogen and oxygen atoms in total. The molecule has 3 heterocycles. The molecule has 1 N–H and O–H groups in total. The Hall–Kier alpha value is -3.72. The Morgan fingerprint density at radius 2 is 1.76 bits per heavy atom. The Kier molecular flexibility index (Phi) is 8.16. The van der Waals surface area contributed by atoms with Crippen molar-refractivity contribution < 1.29 is 18.0 Å². The molecule has 200 valence electrons. The fourth-order valence-corrected chi connectivity index (χ4v) is 5.04. The molecular formula is C29H31F3N4O2. The first kappa shape index (κ1) is 27.3. The first-order valence-electron chi connectivity index (χ1n) is 12.5. The average molecular weight is 525 g/mol. The second kappa shape index (κ2) is 11.3. The third-order valence-corrected chi connectivity index (χ3v) is 7.05. The fraction of sp³-hybridized carbons (Fsp3) is 0.345. The molecule has 0 amide bonds. The predicted molar refractivity (Wildman–Crippen MR) is 143 cm³/mol. The molecule has 38 heavy (non-hydrogen) atoms. The summed E-state index contributed by atoms with van der Waals surface area (Å²) in [5.41, 5.74) is 2.80. The Balaban J connectivity index is 1.51. The summed E-state index contributed by atoms with van der Waals surface area (Å²) in [6.45, 7) is 7.01. The van der Waals surface area contributed by atoms with Crippen molar-refractivity contribution in [3.8, 4) is 5.69 Å². The first-order chi connectivity index (χ1) is 18.1. The normalized spacial score (nSPS) is 15.1. The molecule has 3 aromatic rings. The molecule has 2 aromatic heterocycles. The summed E-state index contributed by atoms with van der Waals surface area (Å²) in [7, 11) is 1.55. The van der Waals surface area contributed by atoms with E-state index in [0.717, 1.165) is 17.7 Å². The number of nitrogens with one attached hydrogen (secondary N) is 1. The second-order valence-corrected chi connectivity index (χ2v) is 9.77. The van der Waals surface area contributed by atoms with Crippen LogP contribution in [-0.2, 0) is 0 Å². The molecule has 1 fully saturated rings. The van der Waals surface area contributed by atoms with Gasteiger partial charge in [-0.25, -0.2) is 13.2 Å². The van der Waals surface area contributed by atoms with E-state index in [4.69, 9.17) is 0 Å². The van der Waals surface area contributed by atoms with Gasteiger partial charge >= 0.3 is 0 Å². The lowest BCUT2D eigenvalue weighted by Crippen LogP contribution is -2.34. The SMILES string of the molecule is CNc1cc(=O)n(-c2ccnc(C)c2/C=C(\C)CN2CCC(c3c(F)cc(C(C)=O)cc3F)CC2)cc1F. The fourth-order valence-electron chi connectivity index (χ4n) is 5.04. The lowest BCUT2D eigenvalue weighted by atomic mass is 9.87. The van der Waals surface area contributed by atoms with Crippen molar-refractivity contribution in [3.63, 3.8) is 0 Å². The second-order valence-electron chi connectivity index (χ2n) is 9.77. The van der Waals surface area contributed by atoms with Crippen molar-refractivity contribution in [1.29, 1.82) is 0 Å². The van der Waals surface area contributed by atoms with Gasteiger partial charge in [-0.2, -0.15) is 0 Å². The number of halogens is 3. The third kappa shape index (κ3) is 5.72. The van der Waals surface area contributed by atoms with Crippen LogP contribution >= 0.6 is 0 Å². The molecule has 0 bridgehead atoms. The summed E-state index contributed by atoms with van der Waals surface area (Å²) >= 11 is 0. The van der Waals surface area contributed by atoms with Gasteiger partial charge in [-0.1, -0.05) is 11.6 Å². The van der Waals surface area contributed by atoms with Crippen LogP contribution in [0.3, 0.4) is 0 Å². The van der Waals surface area contributed by atoms with Gasteiger partial charge in [0.05, 0.1) is 17.6 Å². The smallest absolute Gasteiger partial charge is 0.257 e. The minimum absolute atomic E-state index is 0.0370. The Bertz CT molecular complexity index is 1430. The highest BCUT2D eigenvalue weighted by molar-refractivity contribution is 5.94. The van der Waals surface area contributed by atoms with Gasteiger partial charge in [-0.15, -0.1) is 0 Å². The van der Waals surface area contributed by atoms with E-state index in [1.54, 1.807) is 19.3 Å². The summed E-state index contributed by atoms with van der Waals surface area (Å²) in [5, 5.41) is 2.67. The van der Waals surface area contributed by atoms with E-state index in [0.29, 0.717) is 49.4 Å². The first-order valence-corrected chi connectivity index (χ1v) is 12.5. The van der Waals surface area contributed by atoms with Gasteiger partial charge in [0.15, 0.2) is 11.6 Å². The maximum Gasteiger partial charge on any atom is 0.257 e. The summed E-state index contributed by atoms with van der Waals surface area (Å²) < 4.78 is 45.0. The highest BCUT2D eigenvalue weighted by Gasteiger charge is 2.26. The van der Waals surface area contributed by atoms with Gasteiger partial charge in [0.1, 0.15) is 11.6 Å². The van der Waals surface area contributed by atoms with Gasteiger partial charge in [0.25, 0.3) is 5.56 Å². The van der Waals surface area contributed by atoms with Crippen LogP contribution in [0.2, 0.25) is 0 Å². The molecule has 0 spiro atoms. The van der Waals surface area contributed by atoms with Gasteiger partial charge in [0.2, 0.25) is 0 Å². The number of anilines is 1. The number of aromatic nitrogens is 2. The lowest BCUT2D eigenvalue weighted by Gasteiger charge is -2.32. The van der Waals surface area contributed by atoms with Crippen molar-refractivity contribution >= 4 is 17.5 Å². The van der Waals surface area contributed by atoms with Crippen molar-refractivity contribution in [1.82, 2.24) is 14.5 Å². The standard InChI is InChI=1S/C29H31F3N4O2/c1-17(11-22-18(2)34-8-5-27(22)36-16-25(32)26(33-4)14-28(36)38)15-35-9-6-20(7-10-35)29-23(30)12-21(19(3)37)13-24(29)31/h5,8,11-14,16,20,33H,6-7,9-10,15H2,1-4H3/b17-11+. The van der Waals surface area contributed by atoms with Crippen molar-refractivity contribution in [3.05, 3.63) is 92.4 Å². The van der Waals surface area contributed by atoms with Gasteiger partial charge in [-0.05, 0) is 70.8 Å². The van der Waals surface area contributed by atoms with Gasteiger partial charge < -0.3 is 5.32 Å². The molecule has 0 saturated carbocycles. The number of nitrogens with zero attached hydrogens (tertiary/aromatic N) is 3. The number of carbonyl (C=O) groups excluding carboxylic acids is 1. The summed E-state index contributed by atoms with van der Waals surface area (Å²) in [4.78, 5) is 30.8. The summed E-state index contributed by atoms with van der Waals surface area (Å²) in [6.07, 6.45) is 5.87. The van der Waals surface area contributed by atoms with Crippen LogP contribution in [0, 0.1) is 24.4 Å². The molecule has 0 radical (unpaired) electrons. The van der Waals surface area contributed by atoms with E-state index < -0.39 is 17.5 Å². The van der Waals surface area contributed by atoms with Crippen LogP contribution < -0.4 is 10.9 Å². The number of hydrogen-bond acceptors (Lipinski definition) is 5. The van der Waals surface area contributed by atoms with E-state index >= 15 is 0 Å². The van der Waals surface area contributed by atoms with Crippen LogP contribution in [0.1, 0.15) is 59.8 Å². The van der Waals surface area contributed by atoms with Crippen LogP contribution in [0.4, 0.5) is 18.9 Å². The number of aryl methyl sites for hydroxylation is 1. The maximum absolute atomic E-state index is 14.6. The summed E-state index contributed by atoms with van der Waals surface area (Å²) in [5.74, 6) is -2.51. The number of likely N-dealkylation sites (tertiary alicyclic amines) is 1. The molecule has 1 aliphatic heterocycles. The van der Waals surface area contributed by atoms with Crippen LogP contribution in [0.5, 0.6) is 0 Å². The van der Waals surface area contributed by atoms with Crippen LogP contribution in [0.15, 0.2) is 47.0 Å². The third-order valence-electron chi connectivity index (χ3n) is 7.05. The largest absolute Gasteiger partial charge is 0.386 e. The molecule has 0 aliphatic carbocycles. The zero-order valence-corrected chi connectivity index (χ0v) is 21.9. The Labute approximate surface area is 219 Å². The quantitative estimate of drug-likeness (QED) is 0.415. The topological polar surface area (TPSA) is 67.2 Å². The van der Waals surface area contributed by atoms with E-state index in [1.807, 2.05) is 19.9 Å². The summed E-state index contributed by atoms with van der Waals surface area (Å²) in [6, 6.07) is 5.14. The van der Waals surface area contributed by atoms with Gasteiger partial charge in [-0.3, -0.25) is 24.0 Å². The van der Waals surface area contributed by atoms with E-state index in [2.05, 4.69) is 15.2 Å². The number of pyridine rings is 2. The molecular weight excluding hydrogens is 493 g/mol. The highest BCUT2D eigenvalue weighted by atomic mass is 19.1. The van der Waals surface area contributed by atoms with Crippen molar-refractivity contribution in [2.45, 2.75) is 39.5 Å². The number of rotatable bonds is 7. The van der Waals surface area contributed by atoms with Crippen molar-refractivity contribution in [2.75, 3.05) is 32.0 Å². The maximum atomic E-state index is 14.6. The minimum atomic E-state index is -0.668. The number of piperidine rings is 1.